The van der Waals surface area contributed by atoms with Crippen molar-refractivity contribution in [3.8, 4) is 0 Å². The highest BCUT2D eigenvalue weighted by Crippen LogP contribution is 2.21. The van der Waals surface area contributed by atoms with E-state index in [2.05, 4.69) is 5.32 Å². The molecule has 0 bridgehead atoms. The molecule has 0 aliphatic carbocycles. The van der Waals surface area contributed by atoms with Crippen LogP contribution in [0.15, 0.2) is 12.1 Å². The molecule has 2 N–H and O–H groups in total. The second-order valence-corrected chi connectivity index (χ2v) is 4.57. The van der Waals surface area contributed by atoms with Crippen LogP contribution >= 0.6 is 0 Å². The zero-order chi connectivity index (χ0) is 14.6. The first-order chi connectivity index (χ1) is 8.86. The van der Waals surface area contributed by atoms with Crippen LogP contribution in [0.4, 0.5) is 14.5 Å². The lowest BCUT2D eigenvalue weighted by Gasteiger charge is -2.20. The number of aliphatic hydroxyl groups excluding tert-OH is 1. The van der Waals surface area contributed by atoms with Gasteiger partial charge in [0.1, 0.15) is 5.82 Å². The number of hydrogen-bond acceptors (Lipinski definition) is 4. The van der Waals surface area contributed by atoms with Gasteiger partial charge in [-0.25, -0.2) is 4.39 Å². The summed E-state index contributed by atoms with van der Waals surface area (Å²) in [5, 5.41) is 22.6. The third-order valence-electron chi connectivity index (χ3n) is 2.87. The quantitative estimate of drug-likeness (QED) is 0.614. The summed E-state index contributed by atoms with van der Waals surface area (Å²) >= 11 is 0. The van der Waals surface area contributed by atoms with Gasteiger partial charge in [0, 0.05) is 30.3 Å². The van der Waals surface area contributed by atoms with E-state index in [1.807, 2.05) is 13.8 Å². The van der Waals surface area contributed by atoms with Crippen LogP contribution in [0.3, 0.4) is 0 Å². The molecule has 0 radical (unpaired) electrons. The van der Waals surface area contributed by atoms with Crippen LogP contribution in [-0.2, 0) is 6.54 Å². The van der Waals surface area contributed by atoms with Crippen molar-refractivity contribution in [2.45, 2.75) is 26.4 Å². The molecule has 1 aromatic rings. The molecule has 0 unspecified atom stereocenters. The van der Waals surface area contributed by atoms with Gasteiger partial charge in [-0.15, -0.1) is 0 Å². The van der Waals surface area contributed by atoms with E-state index in [0.29, 0.717) is 6.07 Å². The maximum Gasteiger partial charge on any atom is 0.305 e. The molecule has 5 nitrogen and oxygen atoms in total. The molecule has 1 atom stereocenters. The fraction of sp³-hybridized carbons (Fsp3) is 0.500. The number of nitro benzene ring substituents is 1. The van der Waals surface area contributed by atoms with Gasteiger partial charge in [-0.05, 0) is 5.92 Å². The van der Waals surface area contributed by atoms with Crippen LogP contribution in [0.2, 0.25) is 0 Å². The fourth-order valence-electron chi connectivity index (χ4n) is 1.61. The van der Waals surface area contributed by atoms with E-state index in [1.165, 1.54) is 0 Å². The van der Waals surface area contributed by atoms with Gasteiger partial charge in [0.15, 0.2) is 0 Å². The van der Waals surface area contributed by atoms with Gasteiger partial charge in [-0.2, -0.15) is 4.39 Å². The van der Waals surface area contributed by atoms with E-state index in [9.17, 15) is 18.9 Å². The Kier molecular flexibility index (Phi) is 5.31. The number of nitro groups is 1. The van der Waals surface area contributed by atoms with Crippen molar-refractivity contribution in [2.75, 3.05) is 6.61 Å². The van der Waals surface area contributed by atoms with Crippen molar-refractivity contribution in [1.82, 2.24) is 5.32 Å². The molecule has 0 fully saturated rings. The SMILES string of the molecule is CC(C)[C@@H](CO)NCc1cc([N+](=O)[O-])c(F)cc1F. The molecule has 1 aromatic carbocycles. The normalized spacial score (nSPS) is 12.7. The predicted octanol–water partition coefficient (Wildman–Crippen LogP) is 1.98. The van der Waals surface area contributed by atoms with Gasteiger partial charge in [-0.1, -0.05) is 13.8 Å². The standard InChI is InChI=1S/C12H16F2N2O3/c1-7(2)11(6-17)15-5-8-3-12(16(18)19)10(14)4-9(8)13/h3-4,7,11,15,17H,5-6H2,1-2H3/t11-/m1/s1. The van der Waals surface area contributed by atoms with E-state index < -0.39 is 22.2 Å². The van der Waals surface area contributed by atoms with Gasteiger partial charge in [-0.3, -0.25) is 10.1 Å². The molecule has 19 heavy (non-hydrogen) atoms. The minimum Gasteiger partial charge on any atom is -0.395 e. The van der Waals surface area contributed by atoms with Gasteiger partial charge < -0.3 is 10.4 Å². The molecule has 0 aliphatic heterocycles. The molecule has 0 aromatic heterocycles. The number of aliphatic hydroxyl groups is 1. The van der Waals surface area contributed by atoms with Gasteiger partial charge in [0.2, 0.25) is 5.82 Å². The Hall–Kier alpha value is -1.60. The topological polar surface area (TPSA) is 75.4 Å². The third-order valence-corrected chi connectivity index (χ3v) is 2.87. The summed E-state index contributed by atoms with van der Waals surface area (Å²) in [6.07, 6.45) is 0. The van der Waals surface area contributed by atoms with Gasteiger partial charge in [0.05, 0.1) is 11.5 Å². The molecule has 1 rings (SSSR count). The monoisotopic (exact) mass is 274 g/mol. The average molecular weight is 274 g/mol. The number of halogens is 2. The van der Waals surface area contributed by atoms with E-state index in [0.717, 1.165) is 6.07 Å². The minimum absolute atomic E-state index is 0.00722. The van der Waals surface area contributed by atoms with Crippen LogP contribution in [-0.4, -0.2) is 22.7 Å². The number of nitrogens with one attached hydrogen (secondary N) is 1. The second-order valence-electron chi connectivity index (χ2n) is 4.57. The Morgan fingerprint density at radius 1 is 1.37 bits per heavy atom. The maximum absolute atomic E-state index is 13.5. The number of hydrogen-bond donors (Lipinski definition) is 2. The zero-order valence-electron chi connectivity index (χ0n) is 10.7. The highest BCUT2D eigenvalue weighted by atomic mass is 19.1. The van der Waals surface area contributed by atoms with Crippen LogP contribution in [0.1, 0.15) is 19.4 Å². The molecular formula is C12H16F2N2O3. The van der Waals surface area contributed by atoms with Crippen molar-refractivity contribution in [1.29, 1.82) is 0 Å². The molecule has 106 valence electrons. The smallest absolute Gasteiger partial charge is 0.305 e. The summed E-state index contributed by atoms with van der Waals surface area (Å²) in [6.45, 7) is 3.59. The van der Waals surface area contributed by atoms with Crippen LogP contribution in [0.25, 0.3) is 0 Å². The van der Waals surface area contributed by atoms with Crippen molar-refractivity contribution in [3.63, 3.8) is 0 Å². The summed E-state index contributed by atoms with van der Waals surface area (Å²) in [5.74, 6) is -1.94. The third kappa shape index (κ3) is 3.93. The van der Waals surface area contributed by atoms with Crippen molar-refractivity contribution < 1.29 is 18.8 Å². The van der Waals surface area contributed by atoms with Gasteiger partial charge >= 0.3 is 5.69 Å². The van der Waals surface area contributed by atoms with E-state index in [-0.39, 0.29) is 30.7 Å². The summed E-state index contributed by atoms with van der Waals surface area (Å²) in [6, 6.07) is 1.11. The lowest BCUT2D eigenvalue weighted by atomic mass is 10.0. The van der Waals surface area contributed by atoms with Crippen LogP contribution < -0.4 is 5.32 Å². The number of rotatable bonds is 6. The van der Waals surface area contributed by atoms with Crippen molar-refractivity contribution >= 4 is 5.69 Å². The van der Waals surface area contributed by atoms with E-state index in [4.69, 9.17) is 5.11 Å². The van der Waals surface area contributed by atoms with Crippen LogP contribution in [0, 0.1) is 27.7 Å². The van der Waals surface area contributed by atoms with Crippen LogP contribution in [0.5, 0.6) is 0 Å². The first-order valence-electron chi connectivity index (χ1n) is 5.83. The zero-order valence-corrected chi connectivity index (χ0v) is 10.7. The molecule has 0 spiro atoms. The lowest BCUT2D eigenvalue weighted by molar-refractivity contribution is -0.387. The number of benzene rings is 1. The lowest BCUT2D eigenvalue weighted by Crippen LogP contribution is -2.36. The Balaban J connectivity index is 2.89. The Bertz CT molecular complexity index is 467. The highest BCUT2D eigenvalue weighted by molar-refractivity contribution is 5.37. The average Bonchev–Trinajstić information content (AvgIpc) is 2.31. The molecule has 0 saturated heterocycles. The van der Waals surface area contributed by atoms with Crippen molar-refractivity contribution in [2.24, 2.45) is 5.92 Å². The van der Waals surface area contributed by atoms with E-state index >= 15 is 0 Å². The maximum atomic E-state index is 13.5. The summed E-state index contributed by atoms with van der Waals surface area (Å²) in [7, 11) is 0. The fourth-order valence-corrected chi connectivity index (χ4v) is 1.61. The minimum atomic E-state index is -1.20. The Labute approximate surface area is 109 Å². The molecule has 7 heteroatoms. The predicted molar refractivity (Wildman–Crippen MR) is 65.6 cm³/mol. The molecule has 0 amide bonds. The first kappa shape index (κ1) is 15.5. The summed E-state index contributed by atoms with van der Waals surface area (Å²) < 4.78 is 26.6. The Morgan fingerprint density at radius 3 is 2.47 bits per heavy atom. The first-order valence-corrected chi connectivity index (χ1v) is 5.83. The molecular weight excluding hydrogens is 258 g/mol. The van der Waals surface area contributed by atoms with E-state index in [1.54, 1.807) is 0 Å². The molecule has 0 aliphatic rings. The van der Waals surface area contributed by atoms with Crippen molar-refractivity contribution in [3.05, 3.63) is 39.4 Å². The molecule has 0 saturated carbocycles. The second kappa shape index (κ2) is 6.53. The largest absolute Gasteiger partial charge is 0.395 e. The highest BCUT2D eigenvalue weighted by Gasteiger charge is 2.19. The molecule has 0 heterocycles. The summed E-state index contributed by atoms with van der Waals surface area (Å²) in [4.78, 5) is 9.67. The number of nitrogens with zero attached hydrogens (tertiary/aromatic N) is 1. The van der Waals surface area contributed by atoms with Gasteiger partial charge in [0.25, 0.3) is 0 Å². The summed E-state index contributed by atoms with van der Waals surface area (Å²) in [5.41, 5.74) is -0.768. The Morgan fingerprint density at radius 2 is 2.00 bits per heavy atom.